The molecule has 0 aromatic carbocycles. The fourth-order valence-corrected chi connectivity index (χ4v) is 3.68. The van der Waals surface area contributed by atoms with Crippen molar-refractivity contribution in [2.45, 2.75) is 17.9 Å². The van der Waals surface area contributed by atoms with Gasteiger partial charge in [-0.2, -0.15) is 0 Å². The van der Waals surface area contributed by atoms with E-state index in [1.54, 1.807) is 26.2 Å². The molecule has 2 rings (SSSR count). The molecule has 0 aliphatic heterocycles. The largest absolute Gasteiger partial charge is 0.372 e. The predicted octanol–water partition coefficient (Wildman–Crippen LogP) is 1.62. The summed E-state index contributed by atoms with van der Waals surface area (Å²) in [4.78, 5) is 8.21. The number of hydrogen-bond acceptors (Lipinski definition) is 6. The highest BCUT2D eigenvalue weighted by Crippen LogP contribution is 2.21. The molecule has 19 heavy (non-hydrogen) atoms. The quantitative estimate of drug-likeness (QED) is 0.876. The van der Waals surface area contributed by atoms with Gasteiger partial charge < -0.3 is 5.32 Å². The van der Waals surface area contributed by atoms with E-state index in [2.05, 4.69) is 20.0 Å². The fourth-order valence-electron chi connectivity index (χ4n) is 1.59. The van der Waals surface area contributed by atoms with Crippen LogP contribution in [-0.4, -0.2) is 25.4 Å². The highest BCUT2D eigenvalue weighted by Gasteiger charge is 2.22. The van der Waals surface area contributed by atoms with E-state index < -0.39 is 10.0 Å². The van der Waals surface area contributed by atoms with Crippen LogP contribution >= 0.6 is 11.3 Å². The molecule has 6 nitrogen and oxygen atoms in total. The molecule has 2 aromatic rings. The summed E-state index contributed by atoms with van der Waals surface area (Å²) in [5, 5.41) is 5.30. The van der Waals surface area contributed by atoms with Crippen LogP contribution in [0.2, 0.25) is 0 Å². The van der Waals surface area contributed by atoms with Crippen molar-refractivity contribution in [1.82, 2.24) is 14.7 Å². The first-order valence-electron chi connectivity index (χ1n) is 5.59. The molecular formula is C11H14N4O2S2. The summed E-state index contributed by atoms with van der Waals surface area (Å²) < 4.78 is 27.2. The van der Waals surface area contributed by atoms with Gasteiger partial charge in [-0.15, -0.1) is 11.3 Å². The molecule has 0 aliphatic carbocycles. The zero-order valence-electron chi connectivity index (χ0n) is 10.5. The molecule has 2 heterocycles. The Morgan fingerprint density at radius 3 is 2.74 bits per heavy atom. The van der Waals surface area contributed by atoms with Gasteiger partial charge in [0.15, 0.2) is 0 Å². The lowest BCUT2D eigenvalue weighted by Crippen LogP contribution is -2.27. The number of pyridine rings is 1. The van der Waals surface area contributed by atoms with Crippen LogP contribution in [0.3, 0.4) is 0 Å². The van der Waals surface area contributed by atoms with E-state index in [9.17, 15) is 8.42 Å². The Morgan fingerprint density at radius 2 is 2.11 bits per heavy atom. The van der Waals surface area contributed by atoms with Crippen LogP contribution in [-0.2, 0) is 10.0 Å². The van der Waals surface area contributed by atoms with E-state index in [0.717, 1.165) is 5.01 Å². The number of sulfonamides is 1. The maximum Gasteiger partial charge on any atom is 0.244 e. The Kier molecular flexibility index (Phi) is 4.13. The zero-order valence-corrected chi connectivity index (χ0v) is 12.1. The highest BCUT2D eigenvalue weighted by molar-refractivity contribution is 7.89. The van der Waals surface area contributed by atoms with Crippen molar-refractivity contribution in [3.63, 3.8) is 0 Å². The van der Waals surface area contributed by atoms with Crippen LogP contribution in [0.1, 0.15) is 18.0 Å². The zero-order chi connectivity index (χ0) is 13.9. The van der Waals surface area contributed by atoms with Gasteiger partial charge in [0.25, 0.3) is 0 Å². The average molecular weight is 298 g/mol. The predicted molar refractivity (Wildman–Crippen MR) is 74.6 cm³/mol. The summed E-state index contributed by atoms with van der Waals surface area (Å²) in [6.45, 7) is 1.76. The van der Waals surface area contributed by atoms with Gasteiger partial charge in [-0.3, -0.25) is 0 Å². The maximum absolute atomic E-state index is 12.3. The van der Waals surface area contributed by atoms with Crippen molar-refractivity contribution in [3.8, 4) is 0 Å². The number of nitrogens with zero attached hydrogens (tertiary/aromatic N) is 2. The minimum atomic E-state index is -3.64. The lowest BCUT2D eigenvalue weighted by molar-refractivity contribution is 0.566. The number of thiazole rings is 1. The Labute approximate surface area is 116 Å². The first-order valence-corrected chi connectivity index (χ1v) is 7.95. The summed E-state index contributed by atoms with van der Waals surface area (Å²) >= 11 is 1.41. The van der Waals surface area contributed by atoms with Crippen molar-refractivity contribution < 1.29 is 8.42 Å². The minimum Gasteiger partial charge on any atom is -0.372 e. The minimum absolute atomic E-state index is 0.126. The van der Waals surface area contributed by atoms with Gasteiger partial charge in [0, 0.05) is 24.8 Å². The first-order chi connectivity index (χ1) is 9.04. The van der Waals surface area contributed by atoms with E-state index in [4.69, 9.17) is 0 Å². The molecule has 0 aliphatic rings. The molecule has 102 valence electrons. The smallest absolute Gasteiger partial charge is 0.244 e. The Morgan fingerprint density at radius 1 is 1.32 bits per heavy atom. The van der Waals surface area contributed by atoms with Gasteiger partial charge in [0.2, 0.25) is 10.0 Å². The van der Waals surface area contributed by atoms with E-state index >= 15 is 0 Å². The molecule has 2 N–H and O–H groups in total. The highest BCUT2D eigenvalue weighted by atomic mass is 32.2. The number of aromatic nitrogens is 2. The third-order valence-electron chi connectivity index (χ3n) is 2.45. The Hall–Kier alpha value is -1.51. The number of rotatable bonds is 5. The molecule has 2 aromatic heterocycles. The second-order valence-corrected chi connectivity index (χ2v) is 6.42. The molecule has 1 atom stereocenters. The SMILES string of the molecule is CNc1ncccc1S(=O)(=O)NC(C)c1nccs1. The van der Waals surface area contributed by atoms with Crippen molar-refractivity contribution >= 4 is 27.2 Å². The lowest BCUT2D eigenvalue weighted by Gasteiger charge is -2.13. The van der Waals surface area contributed by atoms with Gasteiger partial charge in [0.1, 0.15) is 15.7 Å². The van der Waals surface area contributed by atoms with Crippen LogP contribution in [0.15, 0.2) is 34.8 Å². The fraction of sp³-hybridized carbons (Fsp3) is 0.273. The molecule has 0 fully saturated rings. The summed E-state index contributed by atoms with van der Waals surface area (Å²) in [7, 11) is -2.01. The molecule has 0 saturated carbocycles. The summed E-state index contributed by atoms with van der Waals surface area (Å²) in [5.74, 6) is 0.321. The monoisotopic (exact) mass is 298 g/mol. The van der Waals surface area contributed by atoms with Crippen molar-refractivity contribution in [1.29, 1.82) is 0 Å². The second-order valence-electron chi connectivity index (χ2n) is 3.81. The Bertz CT molecular complexity index is 640. The van der Waals surface area contributed by atoms with E-state index in [0.29, 0.717) is 5.82 Å². The molecule has 0 bridgehead atoms. The van der Waals surface area contributed by atoms with Crippen LogP contribution in [0.25, 0.3) is 0 Å². The number of hydrogen-bond donors (Lipinski definition) is 2. The van der Waals surface area contributed by atoms with Gasteiger partial charge in [0.05, 0.1) is 6.04 Å². The van der Waals surface area contributed by atoms with E-state index in [-0.39, 0.29) is 10.9 Å². The third-order valence-corrected chi connectivity index (χ3v) is 4.98. The molecule has 8 heteroatoms. The normalized spacial score (nSPS) is 13.2. The average Bonchev–Trinajstić information content (AvgIpc) is 2.92. The second kappa shape index (κ2) is 5.64. The van der Waals surface area contributed by atoms with Gasteiger partial charge in [-0.25, -0.2) is 23.1 Å². The van der Waals surface area contributed by atoms with Crippen LogP contribution in [0.5, 0.6) is 0 Å². The van der Waals surface area contributed by atoms with Crippen LogP contribution in [0, 0.1) is 0 Å². The lowest BCUT2D eigenvalue weighted by atomic mass is 10.4. The first kappa shape index (κ1) is 13.9. The molecular weight excluding hydrogens is 284 g/mol. The Balaban J connectivity index is 2.28. The maximum atomic E-state index is 12.3. The van der Waals surface area contributed by atoms with Crippen LogP contribution < -0.4 is 10.0 Å². The van der Waals surface area contributed by atoms with Gasteiger partial charge in [-0.05, 0) is 19.1 Å². The van der Waals surface area contributed by atoms with Crippen molar-refractivity contribution in [2.75, 3.05) is 12.4 Å². The number of anilines is 1. The third kappa shape index (κ3) is 3.09. The van der Waals surface area contributed by atoms with Crippen molar-refractivity contribution in [2.24, 2.45) is 0 Å². The number of nitrogens with one attached hydrogen (secondary N) is 2. The topological polar surface area (TPSA) is 84.0 Å². The molecule has 0 amide bonds. The van der Waals surface area contributed by atoms with Gasteiger partial charge >= 0.3 is 0 Å². The standard InChI is InChI=1S/C11H14N4O2S2/c1-8(11-14-6-7-18-11)15-19(16,17)9-4-3-5-13-10(9)12-2/h3-8,15H,1-2H3,(H,12,13). The van der Waals surface area contributed by atoms with E-state index in [1.807, 2.05) is 5.38 Å². The summed E-state index contributed by atoms with van der Waals surface area (Å²) in [5.41, 5.74) is 0. The summed E-state index contributed by atoms with van der Waals surface area (Å²) in [6.07, 6.45) is 3.18. The van der Waals surface area contributed by atoms with Gasteiger partial charge in [-0.1, -0.05) is 0 Å². The van der Waals surface area contributed by atoms with Crippen LogP contribution in [0.4, 0.5) is 5.82 Å². The molecule has 0 spiro atoms. The molecule has 1 unspecified atom stereocenters. The van der Waals surface area contributed by atoms with E-state index in [1.165, 1.54) is 23.6 Å². The summed E-state index contributed by atoms with van der Waals surface area (Å²) in [6, 6.07) is 2.72. The molecule has 0 saturated heterocycles. The van der Waals surface area contributed by atoms with Crippen molar-refractivity contribution in [3.05, 3.63) is 34.9 Å². The molecule has 0 radical (unpaired) electrons.